The molecule has 1 N–H and O–H groups in total. The maximum Gasteiger partial charge on any atom is 0.203 e. The Morgan fingerprint density at radius 1 is 0.905 bits per heavy atom. The van der Waals surface area contributed by atoms with Crippen molar-refractivity contribution in [1.29, 1.82) is 0 Å². The molecule has 0 aliphatic carbocycles. The number of rotatable bonds is 4. The maximum absolute atomic E-state index is 5.53. The van der Waals surface area contributed by atoms with Crippen molar-refractivity contribution in [2.75, 3.05) is 21.3 Å². The molecule has 0 fully saturated rings. The summed E-state index contributed by atoms with van der Waals surface area (Å²) < 4.78 is 16.3. The molecule has 2 aromatic carbocycles. The van der Waals surface area contributed by atoms with Gasteiger partial charge < -0.3 is 14.2 Å². The van der Waals surface area contributed by atoms with Crippen LogP contribution in [0, 0.1) is 0 Å². The van der Waals surface area contributed by atoms with E-state index in [1.165, 1.54) is 0 Å². The number of aromatic amines is 1. The predicted molar refractivity (Wildman–Crippen MR) is 81.2 cm³/mol. The van der Waals surface area contributed by atoms with Gasteiger partial charge in [0.15, 0.2) is 11.5 Å². The molecular weight excluding hydrogens is 268 g/mol. The van der Waals surface area contributed by atoms with Gasteiger partial charge >= 0.3 is 0 Å². The largest absolute Gasteiger partial charge is 0.493 e. The van der Waals surface area contributed by atoms with E-state index in [2.05, 4.69) is 10.2 Å². The van der Waals surface area contributed by atoms with Crippen LogP contribution >= 0.6 is 0 Å². The zero-order valence-electron chi connectivity index (χ0n) is 12.1. The molecular formula is C16H16N2O3. The maximum atomic E-state index is 5.53. The second kappa shape index (κ2) is 5.36. The van der Waals surface area contributed by atoms with Gasteiger partial charge in [-0.3, -0.25) is 5.10 Å². The van der Waals surface area contributed by atoms with Crippen LogP contribution in [-0.4, -0.2) is 31.5 Å². The van der Waals surface area contributed by atoms with Crippen molar-refractivity contribution >= 4 is 10.9 Å². The number of methoxy groups -OCH3 is 3. The normalized spacial score (nSPS) is 10.6. The molecule has 0 aliphatic heterocycles. The van der Waals surface area contributed by atoms with Crippen LogP contribution in [0.2, 0.25) is 0 Å². The summed E-state index contributed by atoms with van der Waals surface area (Å²) >= 11 is 0. The fourth-order valence-corrected chi connectivity index (χ4v) is 2.43. The molecule has 3 aromatic rings. The van der Waals surface area contributed by atoms with Gasteiger partial charge in [-0.1, -0.05) is 12.1 Å². The Bertz CT molecular complexity index is 780. The third kappa shape index (κ3) is 2.16. The Hall–Kier alpha value is -2.69. The lowest BCUT2D eigenvalue weighted by Gasteiger charge is -2.15. The Kier molecular flexibility index (Phi) is 3.39. The number of H-pyrrole nitrogens is 1. The summed E-state index contributed by atoms with van der Waals surface area (Å²) in [5.74, 6) is 1.87. The van der Waals surface area contributed by atoms with Gasteiger partial charge in [0.2, 0.25) is 5.75 Å². The first-order valence-corrected chi connectivity index (χ1v) is 6.51. The third-order valence-corrected chi connectivity index (χ3v) is 3.46. The zero-order chi connectivity index (χ0) is 14.8. The monoisotopic (exact) mass is 284 g/mol. The standard InChI is InChI=1S/C16H16N2O3/c1-19-14-7-6-12(15(20-2)16(14)21-3)10-4-5-11-9-17-18-13(11)8-10/h4-9H,1-3H3,(H,17,18). The number of benzene rings is 2. The van der Waals surface area contributed by atoms with Crippen molar-refractivity contribution in [3.05, 3.63) is 36.5 Å². The lowest BCUT2D eigenvalue weighted by molar-refractivity contribution is 0.325. The first-order valence-electron chi connectivity index (χ1n) is 6.51. The molecule has 0 bridgehead atoms. The molecule has 0 saturated heterocycles. The highest BCUT2D eigenvalue weighted by atomic mass is 16.5. The topological polar surface area (TPSA) is 56.4 Å². The van der Waals surface area contributed by atoms with Crippen LogP contribution in [0.25, 0.3) is 22.0 Å². The van der Waals surface area contributed by atoms with Gasteiger partial charge in [0, 0.05) is 10.9 Å². The lowest BCUT2D eigenvalue weighted by atomic mass is 10.0. The highest BCUT2D eigenvalue weighted by Gasteiger charge is 2.17. The van der Waals surface area contributed by atoms with E-state index in [4.69, 9.17) is 14.2 Å². The van der Waals surface area contributed by atoms with Gasteiger partial charge in [0.1, 0.15) is 0 Å². The SMILES string of the molecule is COc1ccc(-c2ccc3cn[nH]c3c2)c(OC)c1OC. The summed E-state index contributed by atoms with van der Waals surface area (Å²) in [5, 5.41) is 8.08. The summed E-state index contributed by atoms with van der Waals surface area (Å²) in [6.45, 7) is 0. The van der Waals surface area contributed by atoms with E-state index in [0.717, 1.165) is 22.0 Å². The summed E-state index contributed by atoms with van der Waals surface area (Å²) in [6, 6.07) is 9.91. The van der Waals surface area contributed by atoms with E-state index in [1.807, 2.05) is 30.3 Å². The van der Waals surface area contributed by atoms with E-state index >= 15 is 0 Å². The van der Waals surface area contributed by atoms with Crippen LogP contribution in [0.3, 0.4) is 0 Å². The number of fused-ring (bicyclic) bond motifs is 1. The average molecular weight is 284 g/mol. The highest BCUT2D eigenvalue weighted by Crippen LogP contribution is 2.44. The van der Waals surface area contributed by atoms with E-state index in [1.54, 1.807) is 27.5 Å². The summed E-state index contributed by atoms with van der Waals surface area (Å²) in [7, 11) is 4.82. The first kappa shape index (κ1) is 13.3. The molecule has 0 amide bonds. The number of nitrogens with zero attached hydrogens (tertiary/aromatic N) is 1. The van der Waals surface area contributed by atoms with Crippen molar-refractivity contribution in [3.8, 4) is 28.4 Å². The molecule has 0 aliphatic rings. The smallest absolute Gasteiger partial charge is 0.203 e. The summed E-state index contributed by atoms with van der Waals surface area (Å²) in [5.41, 5.74) is 2.93. The van der Waals surface area contributed by atoms with Gasteiger partial charge in [0.05, 0.1) is 33.0 Å². The van der Waals surface area contributed by atoms with Gasteiger partial charge in [-0.2, -0.15) is 5.10 Å². The summed E-state index contributed by atoms with van der Waals surface area (Å²) in [4.78, 5) is 0. The zero-order valence-corrected chi connectivity index (χ0v) is 12.1. The number of hydrogen-bond donors (Lipinski definition) is 1. The lowest BCUT2D eigenvalue weighted by Crippen LogP contribution is -1.96. The van der Waals surface area contributed by atoms with Crippen LogP contribution in [0.4, 0.5) is 0 Å². The molecule has 0 unspecified atom stereocenters. The van der Waals surface area contributed by atoms with Crippen molar-refractivity contribution in [2.45, 2.75) is 0 Å². The molecule has 21 heavy (non-hydrogen) atoms. The minimum absolute atomic E-state index is 0.585. The van der Waals surface area contributed by atoms with Crippen molar-refractivity contribution in [2.24, 2.45) is 0 Å². The molecule has 5 nitrogen and oxygen atoms in total. The number of hydrogen-bond acceptors (Lipinski definition) is 4. The molecule has 0 radical (unpaired) electrons. The fraction of sp³-hybridized carbons (Fsp3) is 0.188. The second-order valence-corrected chi connectivity index (χ2v) is 4.55. The second-order valence-electron chi connectivity index (χ2n) is 4.55. The van der Waals surface area contributed by atoms with Crippen molar-refractivity contribution < 1.29 is 14.2 Å². The Morgan fingerprint density at radius 2 is 1.71 bits per heavy atom. The van der Waals surface area contributed by atoms with E-state index < -0.39 is 0 Å². The van der Waals surface area contributed by atoms with Crippen LogP contribution in [0.5, 0.6) is 17.2 Å². The number of aromatic nitrogens is 2. The molecule has 1 aromatic heterocycles. The van der Waals surface area contributed by atoms with Gasteiger partial charge in [-0.15, -0.1) is 0 Å². The van der Waals surface area contributed by atoms with Gasteiger partial charge in [0.25, 0.3) is 0 Å². The quantitative estimate of drug-likeness (QED) is 0.799. The minimum atomic E-state index is 0.585. The Morgan fingerprint density at radius 3 is 2.43 bits per heavy atom. The third-order valence-electron chi connectivity index (χ3n) is 3.46. The predicted octanol–water partition coefficient (Wildman–Crippen LogP) is 3.26. The van der Waals surface area contributed by atoms with E-state index in [0.29, 0.717) is 17.2 Å². The molecule has 0 saturated carbocycles. The minimum Gasteiger partial charge on any atom is -0.493 e. The van der Waals surface area contributed by atoms with Gasteiger partial charge in [-0.25, -0.2) is 0 Å². The molecule has 108 valence electrons. The van der Waals surface area contributed by atoms with E-state index in [9.17, 15) is 0 Å². The molecule has 0 atom stereocenters. The number of nitrogens with one attached hydrogen (secondary N) is 1. The Balaban J connectivity index is 2.20. The molecule has 5 heteroatoms. The molecule has 3 rings (SSSR count). The van der Waals surface area contributed by atoms with Crippen LogP contribution < -0.4 is 14.2 Å². The fourth-order valence-electron chi connectivity index (χ4n) is 2.43. The van der Waals surface area contributed by atoms with Crippen molar-refractivity contribution in [1.82, 2.24) is 10.2 Å². The van der Waals surface area contributed by atoms with Crippen LogP contribution in [0.1, 0.15) is 0 Å². The van der Waals surface area contributed by atoms with Crippen LogP contribution in [0.15, 0.2) is 36.5 Å². The van der Waals surface area contributed by atoms with E-state index in [-0.39, 0.29) is 0 Å². The van der Waals surface area contributed by atoms with Gasteiger partial charge in [-0.05, 0) is 23.8 Å². The summed E-state index contributed by atoms with van der Waals surface area (Å²) in [6.07, 6.45) is 1.80. The Labute approximate surface area is 122 Å². The molecule has 1 heterocycles. The van der Waals surface area contributed by atoms with Crippen molar-refractivity contribution in [3.63, 3.8) is 0 Å². The average Bonchev–Trinajstić information content (AvgIpc) is 3.00. The number of ether oxygens (including phenoxy) is 3. The molecule has 0 spiro atoms. The van der Waals surface area contributed by atoms with Crippen LogP contribution in [-0.2, 0) is 0 Å². The first-order chi connectivity index (χ1) is 10.3. The highest BCUT2D eigenvalue weighted by molar-refractivity contribution is 5.86.